The van der Waals surface area contributed by atoms with Crippen LogP contribution in [-0.2, 0) is 9.59 Å². The average molecular weight is 430 g/mol. The van der Waals surface area contributed by atoms with E-state index in [9.17, 15) is 9.59 Å². The molecule has 2 aromatic rings. The highest BCUT2D eigenvalue weighted by atomic mass is 35.5. The van der Waals surface area contributed by atoms with Crippen LogP contribution >= 0.6 is 23.4 Å². The van der Waals surface area contributed by atoms with Gasteiger partial charge in [-0.05, 0) is 43.3 Å². The van der Waals surface area contributed by atoms with Crippen molar-refractivity contribution in [1.82, 2.24) is 0 Å². The molecular formula is C21H20ClN3O3S. The molecule has 6 nitrogen and oxygen atoms in total. The summed E-state index contributed by atoms with van der Waals surface area (Å²) < 4.78 is 6.01. The minimum Gasteiger partial charge on any atom is -0.476 e. The van der Waals surface area contributed by atoms with E-state index in [2.05, 4.69) is 4.99 Å². The highest BCUT2D eigenvalue weighted by molar-refractivity contribution is 8.14. The van der Waals surface area contributed by atoms with Gasteiger partial charge in [-0.2, -0.15) is 0 Å². The van der Waals surface area contributed by atoms with E-state index in [1.54, 1.807) is 40.1 Å². The summed E-state index contributed by atoms with van der Waals surface area (Å²) in [6.45, 7) is 3.64. The maximum Gasteiger partial charge on any atom is 0.276 e. The molecule has 0 unspecified atom stereocenters. The number of para-hydroxylation sites is 2. The van der Waals surface area contributed by atoms with Crippen molar-refractivity contribution in [2.24, 2.45) is 4.99 Å². The molecule has 0 saturated carbocycles. The molecule has 2 aliphatic rings. The Hall–Kier alpha value is -2.51. The molecule has 0 fully saturated rings. The first-order chi connectivity index (χ1) is 13.9. The van der Waals surface area contributed by atoms with Gasteiger partial charge in [-0.15, -0.1) is 0 Å². The first kappa shape index (κ1) is 19.8. The minimum atomic E-state index is -0.844. The van der Waals surface area contributed by atoms with E-state index in [1.165, 1.54) is 18.7 Å². The number of amidine groups is 1. The zero-order chi connectivity index (χ0) is 20.5. The first-order valence-electron chi connectivity index (χ1n) is 9.28. The number of hydrogen-bond donors (Lipinski definition) is 0. The summed E-state index contributed by atoms with van der Waals surface area (Å²) in [6.07, 6.45) is -0.844. The smallest absolute Gasteiger partial charge is 0.276 e. The van der Waals surface area contributed by atoms with Crippen LogP contribution in [0.4, 0.5) is 11.4 Å². The highest BCUT2D eigenvalue weighted by Crippen LogP contribution is 2.35. The Morgan fingerprint density at radius 2 is 1.93 bits per heavy atom. The quantitative estimate of drug-likeness (QED) is 0.724. The number of amides is 2. The Balaban J connectivity index is 1.70. The molecule has 29 heavy (non-hydrogen) atoms. The summed E-state index contributed by atoms with van der Waals surface area (Å²) in [6, 6.07) is 14.4. The van der Waals surface area contributed by atoms with Crippen LogP contribution in [0.3, 0.4) is 0 Å². The number of ether oxygens (including phenoxy) is 1. The van der Waals surface area contributed by atoms with Crippen molar-refractivity contribution >= 4 is 51.7 Å². The van der Waals surface area contributed by atoms with Crippen LogP contribution in [0.1, 0.15) is 13.8 Å². The number of anilines is 2. The fraction of sp³-hybridized carbons (Fsp3) is 0.286. The maximum absolute atomic E-state index is 13.6. The topological polar surface area (TPSA) is 62.2 Å². The van der Waals surface area contributed by atoms with Crippen molar-refractivity contribution in [2.45, 2.75) is 26.0 Å². The Bertz CT molecular complexity index is 979. The number of benzene rings is 2. The maximum atomic E-state index is 13.6. The van der Waals surface area contributed by atoms with Gasteiger partial charge in [0.1, 0.15) is 5.75 Å². The van der Waals surface area contributed by atoms with E-state index in [1.807, 2.05) is 25.1 Å². The fourth-order valence-corrected chi connectivity index (χ4v) is 4.48. The van der Waals surface area contributed by atoms with Crippen LogP contribution in [0.15, 0.2) is 53.5 Å². The summed E-state index contributed by atoms with van der Waals surface area (Å²) in [7, 11) is 0. The van der Waals surface area contributed by atoms with Gasteiger partial charge in [0.2, 0.25) is 5.91 Å². The van der Waals surface area contributed by atoms with Crippen molar-refractivity contribution in [3.05, 3.63) is 53.6 Å². The van der Waals surface area contributed by atoms with Crippen molar-refractivity contribution < 1.29 is 14.3 Å². The van der Waals surface area contributed by atoms with E-state index < -0.39 is 6.10 Å². The Kier molecular flexibility index (Phi) is 5.52. The summed E-state index contributed by atoms with van der Waals surface area (Å²) in [5.74, 6) is 0.907. The number of carbonyl (C=O) groups is 2. The number of carbonyl (C=O) groups excluding carboxylic acids is 2. The van der Waals surface area contributed by atoms with Gasteiger partial charge in [0.25, 0.3) is 5.91 Å². The molecule has 8 heteroatoms. The van der Waals surface area contributed by atoms with Crippen LogP contribution in [0.25, 0.3) is 0 Å². The van der Waals surface area contributed by atoms with Crippen LogP contribution < -0.4 is 14.5 Å². The van der Waals surface area contributed by atoms with Crippen LogP contribution in [0.2, 0.25) is 5.02 Å². The minimum absolute atomic E-state index is 0.124. The van der Waals surface area contributed by atoms with E-state index in [0.29, 0.717) is 27.3 Å². The number of rotatable bonds is 2. The number of fused-ring (bicyclic) bond motifs is 1. The van der Waals surface area contributed by atoms with E-state index in [4.69, 9.17) is 16.3 Å². The molecule has 4 rings (SSSR count). The SMILES string of the molecule is CC(=O)N1C[C@@H](C(=O)N(C2=N[C@H](C)CS2)c2ccc(Cl)cc2)Oc2ccccc21. The number of aliphatic imine (C=N–C) groups is 1. The lowest BCUT2D eigenvalue weighted by molar-refractivity contribution is -0.124. The third-order valence-electron chi connectivity index (χ3n) is 4.71. The largest absolute Gasteiger partial charge is 0.476 e. The molecule has 0 N–H and O–H groups in total. The van der Waals surface area contributed by atoms with Gasteiger partial charge in [-0.3, -0.25) is 19.5 Å². The number of halogens is 1. The second kappa shape index (κ2) is 8.08. The number of thioether (sulfide) groups is 1. The van der Waals surface area contributed by atoms with Gasteiger partial charge >= 0.3 is 0 Å². The van der Waals surface area contributed by atoms with Gasteiger partial charge in [0, 0.05) is 17.7 Å². The van der Waals surface area contributed by atoms with Crippen LogP contribution in [0.5, 0.6) is 5.75 Å². The molecule has 0 aliphatic carbocycles. The van der Waals surface area contributed by atoms with Crippen LogP contribution in [0, 0.1) is 0 Å². The van der Waals surface area contributed by atoms with Crippen molar-refractivity contribution in [2.75, 3.05) is 22.1 Å². The molecule has 2 aliphatic heterocycles. The predicted octanol–water partition coefficient (Wildman–Crippen LogP) is 3.98. The van der Waals surface area contributed by atoms with Crippen LogP contribution in [-0.4, -0.2) is 41.4 Å². The zero-order valence-corrected chi connectivity index (χ0v) is 17.6. The lowest BCUT2D eigenvalue weighted by atomic mass is 10.1. The Labute approximate surface area is 178 Å². The van der Waals surface area contributed by atoms with E-state index in [-0.39, 0.29) is 24.4 Å². The monoisotopic (exact) mass is 429 g/mol. The second-order valence-corrected chi connectivity index (χ2v) is 8.35. The van der Waals surface area contributed by atoms with E-state index >= 15 is 0 Å². The molecule has 2 amide bonds. The lowest BCUT2D eigenvalue weighted by Crippen LogP contribution is -2.52. The number of nitrogens with zero attached hydrogens (tertiary/aromatic N) is 3. The Morgan fingerprint density at radius 3 is 2.59 bits per heavy atom. The molecule has 2 aromatic carbocycles. The lowest BCUT2D eigenvalue weighted by Gasteiger charge is -2.35. The highest BCUT2D eigenvalue weighted by Gasteiger charge is 2.38. The molecule has 0 bridgehead atoms. The molecule has 2 atom stereocenters. The molecule has 150 valence electrons. The Morgan fingerprint density at radius 1 is 1.21 bits per heavy atom. The fourth-order valence-electron chi connectivity index (χ4n) is 3.31. The standard InChI is InChI=1S/C21H20ClN3O3S/c1-13-12-29-21(23-13)25(16-9-7-15(22)8-10-16)20(27)19-11-24(14(2)26)17-5-3-4-6-18(17)28-19/h3-10,13,19H,11-12H2,1-2H3/t13-,19+/m1/s1. The number of hydrogen-bond acceptors (Lipinski definition) is 5. The third-order valence-corrected chi connectivity index (χ3v) is 6.16. The average Bonchev–Trinajstić information content (AvgIpc) is 3.14. The predicted molar refractivity (Wildman–Crippen MR) is 117 cm³/mol. The van der Waals surface area contributed by atoms with Crippen molar-refractivity contribution in [1.29, 1.82) is 0 Å². The summed E-state index contributed by atoms with van der Waals surface area (Å²) in [5, 5.41) is 1.21. The normalized spacial score (nSPS) is 20.5. The molecule has 0 saturated heterocycles. The van der Waals surface area contributed by atoms with Gasteiger partial charge < -0.3 is 9.64 Å². The first-order valence-corrected chi connectivity index (χ1v) is 10.6. The zero-order valence-electron chi connectivity index (χ0n) is 16.0. The summed E-state index contributed by atoms with van der Waals surface area (Å²) in [5.41, 5.74) is 1.33. The van der Waals surface area contributed by atoms with Gasteiger partial charge in [0.05, 0.1) is 24.0 Å². The van der Waals surface area contributed by atoms with E-state index in [0.717, 1.165) is 5.75 Å². The van der Waals surface area contributed by atoms with Gasteiger partial charge in [0.15, 0.2) is 11.3 Å². The molecule has 0 aromatic heterocycles. The van der Waals surface area contributed by atoms with Gasteiger partial charge in [-0.1, -0.05) is 35.5 Å². The molecule has 0 spiro atoms. The molecule has 0 radical (unpaired) electrons. The third kappa shape index (κ3) is 3.97. The molecule has 2 heterocycles. The van der Waals surface area contributed by atoms with Gasteiger partial charge in [-0.25, -0.2) is 0 Å². The second-order valence-electron chi connectivity index (χ2n) is 6.93. The molecular weight excluding hydrogens is 410 g/mol. The van der Waals surface area contributed by atoms with Crippen molar-refractivity contribution in [3.63, 3.8) is 0 Å². The van der Waals surface area contributed by atoms with Crippen molar-refractivity contribution in [3.8, 4) is 5.75 Å². The summed E-state index contributed by atoms with van der Waals surface area (Å²) in [4.78, 5) is 33.6. The summed E-state index contributed by atoms with van der Waals surface area (Å²) >= 11 is 7.56.